The van der Waals surface area contributed by atoms with Gasteiger partial charge in [-0.2, -0.15) is 0 Å². The van der Waals surface area contributed by atoms with Crippen molar-refractivity contribution in [3.8, 4) is 0 Å². The highest BCUT2D eigenvalue weighted by atomic mass is 15.2. The molecule has 3 N–H and O–H groups in total. The standard InChI is InChI=1S/C13H20N2/c1-9-4-3-5-10(2)12(9)8-13(15-14)11-6-7-11/h3-5,11,13,15H,6-8,14H2,1-2H3. The Kier molecular flexibility index (Phi) is 3.08. The van der Waals surface area contributed by atoms with Gasteiger partial charge in [0, 0.05) is 6.04 Å². The van der Waals surface area contributed by atoms with Gasteiger partial charge in [-0.3, -0.25) is 11.3 Å². The van der Waals surface area contributed by atoms with Crippen LogP contribution in [0, 0.1) is 19.8 Å². The van der Waals surface area contributed by atoms with Crippen molar-refractivity contribution in [2.45, 2.75) is 39.2 Å². The minimum atomic E-state index is 0.463. The van der Waals surface area contributed by atoms with Crippen molar-refractivity contribution in [2.24, 2.45) is 11.8 Å². The molecule has 0 saturated heterocycles. The molecule has 0 aliphatic heterocycles. The molecule has 0 amide bonds. The molecule has 1 aliphatic carbocycles. The fraction of sp³-hybridized carbons (Fsp3) is 0.538. The summed E-state index contributed by atoms with van der Waals surface area (Å²) in [6, 6.07) is 6.95. The maximum absolute atomic E-state index is 5.61. The third kappa shape index (κ3) is 2.39. The van der Waals surface area contributed by atoms with Crippen LogP contribution in [0.15, 0.2) is 18.2 Å². The zero-order chi connectivity index (χ0) is 10.8. The minimum Gasteiger partial charge on any atom is -0.271 e. The molecule has 0 spiro atoms. The fourth-order valence-electron chi connectivity index (χ4n) is 2.25. The molecule has 1 atom stereocenters. The van der Waals surface area contributed by atoms with Crippen molar-refractivity contribution < 1.29 is 0 Å². The van der Waals surface area contributed by atoms with Crippen molar-refractivity contribution in [3.63, 3.8) is 0 Å². The van der Waals surface area contributed by atoms with Crippen LogP contribution in [0.3, 0.4) is 0 Å². The summed E-state index contributed by atoms with van der Waals surface area (Å²) in [4.78, 5) is 0. The Labute approximate surface area is 91.8 Å². The average molecular weight is 204 g/mol. The molecule has 1 fully saturated rings. The maximum Gasteiger partial charge on any atom is 0.0279 e. The lowest BCUT2D eigenvalue weighted by atomic mass is 9.95. The predicted octanol–water partition coefficient (Wildman–Crippen LogP) is 2.09. The number of hydrogen-bond acceptors (Lipinski definition) is 2. The van der Waals surface area contributed by atoms with Crippen LogP contribution in [0.1, 0.15) is 29.5 Å². The zero-order valence-corrected chi connectivity index (χ0v) is 9.59. The number of hydrazine groups is 1. The molecule has 2 rings (SSSR count). The summed E-state index contributed by atoms with van der Waals surface area (Å²) in [5.41, 5.74) is 7.20. The van der Waals surface area contributed by atoms with Gasteiger partial charge < -0.3 is 0 Å². The molecule has 2 nitrogen and oxygen atoms in total. The Morgan fingerprint density at radius 3 is 2.40 bits per heavy atom. The van der Waals surface area contributed by atoms with E-state index < -0.39 is 0 Å². The average Bonchev–Trinajstić information content (AvgIpc) is 3.01. The summed E-state index contributed by atoms with van der Waals surface area (Å²) in [7, 11) is 0. The van der Waals surface area contributed by atoms with Gasteiger partial charge in [0.15, 0.2) is 0 Å². The van der Waals surface area contributed by atoms with Gasteiger partial charge >= 0.3 is 0 Å². The number of nitrogens with one attached hydrogen (secondary N) is 1. The minimum absolute atomic E-state index is 0.463. The first-order valence-electron chi connectivity index (χ1n) is 5.73. The van der Waals surface area contributed by atoms with E-state index in [0.717, 1.165) is 12.3 Å². The normalized spacial score (nSPS) is 17.8. The van der Waals surface area contributed by atoms with Gasteiger partial charge in [-0.15, -0.1) is 0 Å². The monoisotopic (exact) mass is 204 g/mol. The van der Waals surface area contributed by atoms with Crippen molar-refractivity contribution in [1.82, 2.24) is 5.43 Å². The van der Waals surface area contributed by atoms with Crippen molar-refractivity contribution >= 4 is 0 Å². The van der Waals surface area contributed by atoms with Gasteiger partial charge in [-0.1, -0.05) is 18.2 Å². The first-order valence-corrected chi connectivity index (χ1v) is 5.73. The summed E-state index contributed by atoms with van der Waals surface area (Å²) >= 11 is 0. The molecule has 1 aromatic rings. The maximum atomic E-state index is 5.61. The highest BCUT2D eigenvalue weighted by Crippen LogP contribution is 2.34. The Bertz CT molecular complexity index is 322. The van der Waals surface area contributed by atoms with Crippen LogP contribution < -0.4 is 11.3 Å². The van der Waals surface area contributed by atoms with E-state index in [1.54, 1.807) is 0 Å². The van der Waals surface area contributed by atoms with Gasteiger partial charge in [0.25, 0.3) is 0 Å². The van der Waals surface area contributed by atoms with Crippen LogP contribution in [0.4, 0.5) is 0 Å². The quantitative estimate of drug-likeness (QED) is 0.582. The van der Waals surface area contributed by atoms with E-state index in [1.165, 1.54) is 29.5 Å². The predicted molar refractivity (Wildman–Crippen MR) is 63.5 cm³/mol. The summed E-state index contributed by atoms with van der Waals surface area (Å²) in [5, 5.41) is 0. The van der Waals surface area contributed by atoms with Gasteiger partial charge in [-0.05, 0) is 55.7 Å². The number of hydrogen-bond donors (Lipinski definition) is 2. The zero-order valence-electron chi connectivity index (χ0n) is 9.59. The van der Waals surface area contributed by atoms with Crippen molar-refractivity contribution in [1.29, 1.82) is 0 Å². The Morgan fingerprint density at radius 1 is 1.33 bits per heavy atom. The van der Waals surface area contributed by atoms with Crippen LogP contribution in [0.5, 0.6) is 0 Å². The third-order valence-corrected chi connectivity index (χ3v) is 3.47. The smallest absolute Gasteiger partial charge is 0.0279 e. The molecule has 0 heterocycles. The summed E-state index contributed by atoms with van der Waals surface area (Å²) in [6.07, 6.45) is 3.74. The van der Waals surface area contributed by atoms with E-state index in [1.807, 2.05) is 0 Å². The van der Waals surface area contributed by atoms with E-state index in [9.17, 15) is 0 Å². The fourth-order valence-corrected chi connectivity index (χ4v) is 2.25. The molecule has 1 unspecified atom stereocenters. The molecule has 0 aromatic heterocycles. The first-order chi connectivity index (χ1) is 7.22. The van der Waals surface area contributed by atoms with Crippen LogP contribution in [0.25, 0.3) is 0 Å². The van der Waals surface area contributed by atoms with Crippen LogP contribution >= 0.6 is 0 Å². The number of benzene rings is 1. The number of aryl methyl sites for hydroxylation is 2. The molecule has 15 heavy (non-hydrogen) atoms. The van der Waals surface area contributed by atoms with E-state index >= 15 is 0 Å². The molecule has 0 radical (unpaired) electrons. The van der Waals surface area contributed by atoms with Crippen molar-refractivity contribution in [3.05, 3.63) is 34.9 Å². The van der Waals surface area contributed by atoms with Crippen molar-refractivity contribution in [2.75, 3.05) is 0 Å². The molecule has 1 saturated carbocycles. The van der Waals surface area contributed by atoms with Gasteiger partial charge in [0.2, 0.25) is 0 Å². The second-order valence-corrected chi connectivity index (χ2v) is 4.69. The van der Waals surface area contributed by atoms with E-state index in [-0.39, 0.29) is 0 Å². The Hall–Kier alpha value is -0.860. The van der Waals surface area contributed by atoms with E-state index in [0.29, 0.717) is 6.04 Å². The van der Waals surface area contributed by atoms with E-state index in [2.05, 4.69) is 37.5 Å². The molecule has 2 heteroatoms. The van der Waals surface area contributed by atoms with Gasteiger partial charge in [-0.25, -0.2) is 0 Å². The second-order valence-electron chi connectivity index (χ2n) is 4.69. The van der Waals surface area contributed by atoms with Gasteiger partial charge in [0.1, 0.15) is 0 Å². The first kappa shape index (κ1) is 10.7. The lowest BCUT2D eigenvalue weighted by molar-refractivity contribution is 0.471. The lowest BCUT2D eigenvalue weighted by Gasteiger charge is -2.18. The lowest BCUT2D eigenvalue weighted by Crippen LogP contribution is -2.38. The largest absolute Gasteiger partial charge is 0.271 e. The number of rotatable bonds is 4. The van der Waals surface area contributed by atoms with Crippen LogP contribution in [0.2, 0.25) is 0 Å². The topological polar surface area (TPSA) is 38.0 Å². The molecular weight excluding hydrogens is 184 g/mol. The SMILES string of the molecule is Cc1cccc(C)c1CC(NN)C1CC1. The molecule has 82 valence electrons. The Balaban J connectivity index is 2.14. The summed E-state index contributed by atoms with van der Waals surface area (Å²) < 4.78 is 0. The van der Waals surface area contributed by atoms with E-state index in [4.69, 9.17) is 5.84 Å². The van der Waals surface area contributed by atoms with Crippen LogP contribution in [-0.2, 0) is 6.42 Å². The summed E-state index contributed by atoms with van der Waals surface area (Å²) in [6.45, 7) is 4.37. The summed E-state index contributed by atoms with van der Waals surface area (Å²) in [5.74, 6) is 6.41. The molecule has 0 bridgehead atoms. The third-order valence-electron chi connectivity index (χ3n) is 3.47. The molecule has 1 aliphatic rings. The highest BCUT2D eigenvalue weighted by Gasteiger charge is 2.30. The molecule has 1 aromatic carbocycles. The highest BCUT2D eigenvalue weighted by molar-refractivity contribution is 5.34. The van der Waals surface area contributed by atoms with Gasteiger partial charge in [0.05, 0.1) is 0 Å². The molecular formula is C13H20N2. The van der Waals surface area contributed by atoms with Crippen LogP contribution in [-0.4, -0.2) is 6.04 Å². The Morgan fingerprint density at radius 2 is 1.93 bits per heavy atom. The number of nitrogens with two attached hydrogens (primary N) is 1. The second kappa shape index (κ2) is 4.33.